The van der Waals surface area contributed by atoms with E-state index in [1.165, 1.54) is 12.0 Å². The van der Waals surface area contributed by atoms with Gasteiger partial charge in [-0.3, -0.25) is 4.99 Å². The van der Waals surface area contributed by atoms with Gasteiger partial charge in [-0.2, -0.15) is 0 Å². The van der Waals surface area contributed by atoms with Crippen molar-refractivity contribution in [2.45, 2.75) is 31.1 Å². The molecule has 0 bridgehead atoms. The molecule has 0 spiro atoms. The summed E-state index contributed by atoms with van der Waals surface area (Å²) >= 11 is 0. The van der Waals surface area contributed by atoms with Crippen molar-refractivity contribution >= 4 is 29.9 Å². The molecule has 158 valence electrons. The summed E-state index contributed by atoms with van der Waals surface area (Å²) in [6.07, 6.45) is 4.62. The van der Waals surface area contributed by atoms with Crippen molar-refractivity contribution in [3.63, 3.8) is 0 Å². The van der Waals surface area contributed by atoms with Gasteiger partial charge in [0.2, 0.25) is 0 Å². The van der Waals surface area contributed by atoms with E-state index in [2.05, 4.69) is 15.2 Å². The van der Waals surface area contributed by atoms with Crippen LogP contribution in [-0.2, 0) is 14.9 Å². The van der Waals surface area contributed by atoms with Crippen LogP contribution in [0.3, 0.4) is 0 Å². The second-order valence-corrected chi connectivity index (χ2v) is 7.71. The first-order valence-corrected chi connectivity index (χ1v) is 9.95. The fraction of sp³-hybridized carbons (Fsp3) is 0.667. The number of guanidine groups is 1. The molecule has 1 aliphatic carbocycles. The molecule has 3 rings (SSSR count). The fourth-order valence-electron chi connectivity index (χ4n) is 4.11. The third-order valence-electron chi connectivity index (χ3n) is 5.93. The van der Waals surface area contributed by atoms with Crippen LogP contribution in [0.25, 0.3) is 0 Å². The quantitative estimate of drug-likeness (QED) is 0.255. The Hall–Kier alpha value is -0.930. The molecule has 2 fully saturated rings. The minimum Gasteiger partial charge on any atom is -0.382 e. The molecule has 7 heteroatoms. The number of aliphatic imine (C=N–C) groups is 1. The molecule has 5 nitrogen and oxygen atoms in total. The van der Waals surface area contributed by atoms with E-state index in [4.69, 9.17) is 9.47 Å². The molecular formula is C21H33FIN3O2. The van der Waals surface area contributed by atoms with Gasteiger partial charge in [-0.05, 0) is 37.0 Å². The van der Waals surface area contributed by atoms with Crippen LogP contribution < -0.4 is 5.32 Å². The van der Waals surface area contributed by atoms with Gasteiger partial charge >= 0.3 is 0 Å². The van der Waals surface area contributed by atoms with Crippen LogP contribution in [0.4, 0.5) is 4.39 Å². The number of likely N-dealkylation sites (tertiary alicyclic amines) is 1. The largest absolute Gasteiger partial charge is 0.382 e. The minimum atomic E-state index is -0.173. The highest BCUT2D eigenvalue weighted by Gasteiger charge is 2.39. The molecule has 1 aromatic rings. The molecule has 0 radical (unpaired) electrons. The Kier molecular flexibility index (Phi) is 9.43. The van der Waals surface area contributed by atoms with Gasteiger partial charge in [-0.15, -0.1) is 24.0 Å². The van der Waals surface area contributed by atoms with Gasteiger partial charge < -0.3 is 19.7 Å². The Balaban J connectivity index is 0.00000280. The third-order valence-corrected chi connectivity index (χ3v) is 5.93. The Morgan fingerprint density at radius 3 is 2.64 bits per heavy atom. The molecule has 1 aromatic carbocycles. The summed E-state index contributed by atoms with van der Waals surface area (Å²) in [4.78, 5) is 6.81. The van der Waals surface area contributed by atoms with Crippen molar-refractivity contribution in [2.75, 3.05) is 53.6 Å². The first-order valence-electron chi connectivity index (χ1n) is 9.95. The van der Waals surface area contributed by atoms with Gasteiger partial charge in [0.25, 0.3) is 0 Å². The number of benzene rings is 1. The highest BCUT2D eigenvalue weighted by molar-refractivity contribution is 14.0. The highest BCUT2D eigenvalue weighted by atomic mass is 127. The van der Waals surface area contributed by atoms with Crippen LogP contribution in [-0.4, -0.2) is 64.5 Å². The van der Waals surface area contributed by atoms with Crippen LogP contribution in [0.1, 0.15) is 31.2 Å². The number of hydrogen-bond donors (Lipinski definition) is 1. The zero-order chi connectivity index (χ0) is 19.1. The van der Waals surface area contributed by atoms with Crippen molar-refractivity contribution in [1.29, 1.82) is 0 Å². The Labute approximate surface area is 185 Å². The van der Waals surface area contributed by atoms with Crippen LogP contribution in [0.2, 0.25) is 0 Å². The average molecular weight is 505 g/mol. The summed E-state index contributed by atoms with van der Waals surface area (Å²) < 4.78 is 24.0. The molecule has 28 heavy (non-hydrogen) atoms. The molecule has 1 saturated heterocycles. The molecule has 0 aromatic heterocycles. The average Bonchev–Trinajstić information content (AvgIpc) is 3.11. The van der Waals surface area contributed by atoms with Crippen molar-refractivity contribution in [3.8, 4) is 0 Å². The van der Waals surface area contributed by atoms with Gasteiger partial charge in [0.1, 0.15) is 5.82 Å². The van der Waals surface area contributed by atoms with Crippen molar-refractivity contribution in [2.24, 2.45) is 10.9 Å². The molecule has 1 N–H and O–H groups in total. The molecule has 0 amide bonds. The lowest BCUT2D eigenvalue weighted by atomic mass is 9.64. The third kappa shape index (κ3) is 5.79. The van der Waals surface area contributed by atoms with E-state index >= 15 is 0 Å². The van der Waals surface area contributed by atoms with Gasteiger partial charge in [0, 0.05) is 45.1 Å². The lowest BCUT2D eigenvalue weighted by Gasteiger charge is -2.43. The van der Waals surface area contributed by atoms with E-state index < -0.39 is 0 Å². The Morgan fingerprint density at radius 2 is 2.04 bits per heavy atom. The van der Waals surface area contributed by atoms with E-state index in [1.54, 1.807) is 19.2 Å². The molecular weight excluding hydrogens is 472 g/mol. The van der Waals surface area contributed by atoms with Crippen LogP contribution >= 0.6 is 24.0 Å². The minimum absolute atomic E-state index is 0. The van der Waals surface area contributed by atoms with Gasteiger partial charge in [0.15, 0.2) is 5.96 Å². The number of methoxy groups -OCH3 is 1. The van der Waals surface area contributed by atoms with Crippen molar-refractivity contribution in [3.05, 3.63) is 35.6 Å². The van der Waals surface area contributed by atoms with Gasteiger partial charge in [0.05, 0.1) is 19.8 Å². The Bertz CT molecular complexity index is 623. The van der Waals surface area contributed by atoms with Crippen LogP contribution in [0.5, 0.6) is 0 Å². The first-order chi connectivity index (χ1) is 13.2. The smallest absolute Gasteiger partial charge is 0.193 e. The summed E-state index contributed by atoms with van der Waals surface area (Å²) in [5, 5.41) is 3.59. The molecule has 1 heterocycles. The number of rotatable bonds is 8. The van der Waals surface area contributed by atoms with E-state index in [9.17, 15) is 4.39 Å². The summed E-state index contributed by atoms with van der Waals surface area (Å²) in [5.74, 6) is 1.32. The molecule has 1 saturated carbocycles. The summed E-state index contributed by atoms with van der Waals surface area (Å²) in [7, 11) is 3.53. The summed E-state index contributed by atoms with van der Waals surface area (Å²) in [6, 6.07) is 7.00. The van der Waals surface area contributed by atoms with Gasteiger partial charge in [-0.25, -0.2) is 4.39 Å². The predicted octanol–water partition coefficient (Wildman–Crippen LogP) is 3.43. The van der Waals surface area contributed by atoms with E-state index in [0.717, 1.165) is 51.5 Å². The molecule has 2 aliphatic rings. The second-order valence-electron chi connectivity index (χ2n) is 7.71. The molecule has 1 unspecified atom stereocenters. The first kappa shape index (κ1) is 23.3. The maximum absolute atomic E-state index is 13.3. The summed E-state index contributed by atoms with van der Waals surface area (Å²) in [5.41, 5.74) is 1.33. The van der Waals surface area contributed by atoms with Gasteiger partial charge in [-0.1, -0.05) is 18.6 Å². The van der Waals surface area contributed by atoms with E-state index in [-0.39, 0.29) is 35.2 Å². The SMILES string of the molecule is CN=C(NCC1(c2ccc(F)cc2)CCC1)N1CCC(COCCOC)C1.I. The zero-order valence-corrected chi connectivity index (χ0v) is 19.3. The highest BCUT2D eigenvalue weighted by Crippen LogP contribution is 2.43. The number of nitrogens with one attached hydrogen (secondary N) is 1. The number of ether oxygens (including phenoxy) is 2. The molecule has 1 atom stereocenters. The number of halogens is 2. The zero-order valence-electron chi connectivity index (χ0n) is 17.0. The lowest BCUT2D eigenvalue weighted by molar-refractivity contribution is 0.0536. The van der Waals surface area contributed by atoms with Crippen molar-refractivity contribution in [1.82, 2.24) is 10.2 Å². The van der Waals surface area contributed by atoms with E-state index in [0.29, 0.717) is 19.1 Å². The summed E-state index contributed by atoms with van der Waals surface area (Å²) in [6.45, 7) is 4.89. The number of hydrogen-bond acceptors (Lipinski definition) is 3. The monoisotopic (exact) mass is 505 g/mol. The second kappa shape index (κ2) is 11.3. The van der Waals surface area contributed by atoms with Crippen LogP contribution in [0, 0.1) is 11.7 Å². The normalized spacial score (nSPS) is 21.2. The maximum Gasteiger partial charge on any atom is 0.193 e. The molecule has 1 aliphatic heterocycles. The maximum atomic E-state index is 13.3. The van der Waals surface area contributed by atoms with Crippen LogP contribution in [0.15, 0.2) is 29.3 Å². The van der Waals surface area contributed by atoms with E-state index in [1.807, 2.05) is 19.2 Å². The standard InChI is InChI=1S/C21H32FN3O2.HI/c1-23-20(25-11-8-17(14-25)15-27-13-12-26-2)24-16-21(9-3-10-21)18-4-6-19(22)7-5-18;/h4-7,17H,3,8-16H2,1-2H3,(H,23,24);1H. The topological polar surface area (TPSA) is 46.1 Å². The Morgan fingerprint density at radius 1 is 1.29 bits per heavy atom. The predicted molar refractivity (Wildman–Crippen MR) is 121 cm³/mol. The number of nitrogens with zero attached hydrogens (tertiary/aromatic N) is 2. The van der Waals surface area contributed by atoms with Crippen molar-refractivity contribution < 1.29 is 13.9 Å². The fourth-order valence-corrected chi connectivity index (χ4v) is 4.11. The lowest BCUT2D eigenvalue weighted by Crippen LogP contribution is -2.49.